The molecule has 2 heterocycles. The van der Waals surface area contributed by atoms with Gasteiger partial charge in [0.1, 0.15) is 0 Å². The second-order valence-electron chi connectivity index (χ2n) is 7.34. The van der Waals surface area contributed by atoms with Crippen molar-refractivity contribution >= 4 is 0 Å². The average molecular weight is 251 g/mol. The fraction of sp³-hybridized carbons (Fsp3) is 1.00. The molecule has 3 fully saturated rings. The highest BCUT2D eigenvalue weighted by molar-refractivity contribution is 4.93. The van der Waals surface area contributed by atoms with Crippen LogP contribution in [-0.4, -0.2) is 37.2 Å². The lowest BCUT2D eigenvalue weighted by Gasteiger charge is -2.50. The fourth-order valence-electron chi connectivity index (χ4n) is 4.18. The highest BCUT2D eigenvalue weighted by Gasteiger charge is 2.42. The number of rotatable bonds is 2. The normalized spacial score (nSPS) is 36.8. The molecule has 0 unspecified atom stereocenters. The van der Waals surface area contributed by atoms with E-state index in [4.69, 9.17) is 4.74 Å². The van der Waals surface area contributed by atoms with Gasteiger partial charge in [0, 0.05) is 11.5 Å². The van der Waals surface area contributed by atoms with Crippen molar-refractivity contribution in [1.29, 1.82) is 0 Å². The summed E-state index contributed by atoms with van der Waals surface area (Å²) in [7, 11) is 0. The van der Waals surface area contributed by atoms with Crippen LogP contribution in [0.2, 0.25) is 0 Å². The van der Waals surface area contributed by atoms with Crippen LogP contribution >= 0.6 is 0 Å². The fourth-order valence-corrected chi connectivity index (χ4v) is 4.18. The largest absolute Gasteiger partial charge is 0.380 e. The van der Waals surface area contributed by atoms with Gasteiger partial charge in [0.2, 0.25) is 0 Å². The number of hydrogen-bond donors (Lipinski definition) is 0. The third kappa shape index (κ3) is 2.46. The lowest BCUT2D eigenvalue weighted by molar-refractivity contribution is -0.143. The molecule has 0 aromatic heterocycles. The Labute approximate surface area is 112 Å². The molecule has 0 bridgehead atoms. The number of hydrogen-bond acceptors (Lipinski definition) is 2. The zero-order valence-corrected chi connectivity index (χ0v) is 12.2. The molecular weight excluding hydrogens is 222 g/mol. The average Bonchev–Trinajstić information content (AvgIpc) is 2.37. The van der Waals surface area contributed by atoms with Crippen molar-refractivity contribution in [2.75, 3.05) is 26.3 Å². The van der Waals surface area contributed by atoms with E-state index < -0.39 is 0 Å². The summed E-state index contributed by atoms with van der Waals surface area (Å²) in [6.45, 7) is 9.54. The third-order valence-electron chi connectivity index (χ3n) is 5.88. The van der Waals surface area contributed by atoms with Crippen LogP contribution in [0.3, 0.4) is 0 Å². The summed E-state index contributed by atoms with van der Waals surface area (Å²) in [6.07, 6.45) is 8.60. The first kappa shape index (κ1) is 12.9. The molecule has 104 valence electrons. The smallest absolute Gasteiger partial charge is 0.0545 e. The number of nitrogens with zero attached hydrogens (tertiary/aromatic N) is 1. The van der Waals surface area contributed by atoms with Gasteiger partial charge in [-0.1, -0.05) is 13.8 Å². The van der Waals surface area contributed by atoms with E-state index in [-0.39, 0.29) is 0 Å². The lowest BCUT2D eigenvalue weighted by Crippen LogP contribution is -2.53. The standard InChI is InChI=1S/C16H29NO/c1-13(2)14-3-5-15(6-4-14)17-9-7-16(8-10-17)11-18-12-16/h13-15H,3-12H2,1-2H3. The Kier molecular flexibility index (Phi) is 3.68. The Morgan fingerprint density at radius 3 is 2.06 bits per heavy atom. The van der Waals surface area contributed by atoms with E-state index in [1.165, 1.54) is 51.6 Å². The highest BCUT2D eigenvalue weighted by Crippen LogP contribution is 2.40. The molecule has 0 radical (unpaired) electrons. The van der Waals surface area contributed by atoms with Gasteiger partial charge in [-0.05, 0) is 63.5 Å². The Morgan fingerprint density at radius 2 is 1.61 bits per heavy atom. The van der Waals surface area contributed by atoms with Gasteiger partial charge in [0.15, 0.2) is 0 Å². The monoisotopic (exact) mass is 251 g/mol. The number of likely N-dealkylation sites (tertiary alicyclic amines) is 1. The van der Waals surface area contributed by atoms with E-state index in [9.17, 15) is 0 Å². The van der Waals surface area contributed by atoms with E-state index in [1.54, 1.807) is 0 Å². The molecule has 3 rings (SSSR count). The molecule has 2 nitrogen and oxygen atoms in total. The van der Waals surface area contributed by atoms with E-state index in [0.29, 0.717) is 5.41 Å². The number of ether oxygens (including phenoxy) is 1. The summed E-state index contributed by atoms with van der Waals surface area (Å²) < 4.78 is 5.42. The lowest BCUT2D eigenvalue weighted by atomic mass is 9.75. The topological polar surface area (TPSA) is 12.5 Å². The van der Waals surface area contributed by atoms with Crippen LogP contribution in [0.5, 0.6) is 0 Å². The predicted octanol–water partition coefficient (Wildman–Crippen LogP) is 3.31. The molecule has 18 heavy (non-hydrogen) atoms. The van der Waals surface area contributed by atoms with Crippen molar-refractivity contribution < 1.29 is 4.74 Å². The molecule has 3 aliphatic rings. The summed E-state index contributed by atoms with van der Waals surface area (Å²) in [5.74, 6) is 1.89. The second-order valence-corrected chi connectivity index (χ2v) is 7.34. The van der Waals surface area contributed by atoms with Crippen molar-refractivity contribution in [1.82, 2.24) is 4.90 Å². The van der Waals surface area contributed by atoms with Gasteiger partial charge in [-0.2, -0.15) is 0 Å². The SMILES string of the molecule is CC(C)C1CCC(N2CCC3(CC2)COC3)CC1. The van der Waals surface area contributed by atoms with Crippen LogP contribution in [0.1, 0.15) is 52.4 Å². The van der Waals surface area contributed by atoms with Crippen LogP contribution in [0.15, 0.2) is 0 Å². The molecule has 1 spiro atoms. The summed E-state index contributed by atoms with van der Waals surface area (Å²) >= 11 is 0. The van der Waals surface area contributed by atoms with E-state index in [1.807, 2.05) is 0 Å². The molecule has 0 aromatic carbocycles. The van der Waals surface area contributed by atoms with Crippen molar-refractivity contribution in [3.63, 3.8) is 0 Å². The molecule has 2 heteroatoms. The molecule has 1 aliphatic carbocycles. The molecule has 0 amide bonds. The molecule has 0 aromatic rings. The Hall–Kier alpha value is -0.0800. The zero-order valence-electron chi connectivity index (χ0n) is 12.2. The van der Waals surface area contributed by atoms with E-state index >= 15 is 0 Å². The second kappa shape index (κ2) is 5.13. The van der Waals surface area contributed by atoms with Gasteiger partial charge in [-0.3, -0.25) is 0 Å². The Balaban J connectivity index is 1.46. The van der Waals surface area contributed by atoms with Gasteiger partial charge in [0.25, 0.3) is 0 Å². The minimum Gasteiger partial charge on any atom is -0.380 e. The first-order valence-electron chi connectivity index (χ1n) is 8.00. The van der Waals surface area contributed by atoms with Crippen molar-refractivity contribution in [3.05, 3.63) is 0 Å². The van der Waals surface area contributed by atoms with Crippen LogP contribution in [-0.2, 0) is 4.74 Å². The predicted molar refractivity (Wildman–Crippen MR) is 74.6 cm³/mol. The first-order chi connectivity index (χ1) is 8.69. The van der Waals surface area contributed by atoms with E-state index in [0.717, 1.165) is 31.1 Å². The maximum absolute atomic E-state index is 5.42. The zero-order chi connectivity index (χ0) is 12.6. The van der Waals surface area contributed by atoms with Gasteiger partial charge < -0.3 is 9.64 Å². The molecular formula is C16H29NO. The van der Waals surface area contributed by atoms with Gasteiger partial charge in [-0.25, -0.2) is 0 Å². The van der Waals surface area contributed by atoms with Crippen LogP contribution in [0.4, 0.5) is 0 Å². The minimum absolute atomic E-state index is 0.603. The van der Waals surface area contributed by atoms with Gasteiger partial charge in [-0.15, -0.1) is 0 Å². The molecule has 1 saturated carbocycles. The summed E-state index contributed by atoms with van der Waals surface area (Å²) in [5, 5.41) is 0. The van der Waals surface area contributed by atoms with Gasteiger partial charge in [0.05, 0.1) is 13.2 Å². The third-order valence-corrected chi connectivity index (χ3v) is 5.88. The summed E-state index contributed by atoms with van der Waals surface area (Å²) in [4.78, 5) is 2.79. The molecule has 2 aliphatic heterocycles. The maximum atomic E-state index is 5.42. The highest BCUT2D eigenvalue weighted by atomic mass is 16.5. The van der Waals surface area contributed by atoms with E-state index in [2.05, 4.69) is 18.7 Å². The Bertz CT molecular complexity index is 267. The quantitative estimate of drug-likeness (QED) is 0.746. The first-order valence-corrected chi connectivity index (χ1v) is 8.00. The summed E-state index contributed by atoms with van der Waals surface area (Å²) in [5.41, 5.74) is 0.603. The maximum Gasteiger partial charge on any atom is 0.0545 e. The van der Waals surface area contributed by atoms with Crippen LogP contribution in [0, 0.1) is 17.3 Å². The minimum atomic E-state index is 0.603. The van der Waals surface area contributed by atoms with Crippen molar-refractivity contribution in [2.45, 2.75) is 58.4 Å². The van der Waals surface area contributed by atoms with Crippen molar-refractivity contribution in [3.8, 4) is 0 Å². The molecule has 2 saturated heterocycles. The van der Waals surface area contributed by atoms with Crippen LogP contribution < -0.4 is 0 Å². The number of piperidine rings is 1. The van der Waals surface area contributed by atoms with Crippen LogP contribution in [0.25, 0.3) is 0 Å². The van der Waals surface area contributed by atoms with Gasteiger partial charge >= 0.3 is 0 Å². The summed E-state index contributed by atoms with van der Waals surface area (Å²) in [6, 6.07) is 0.901. The molecule has 0 N–H and O–H groups in total. The Morgan fingerprint density at radius 1 is 1.00 bits per heavy atom. The molecule has 0 atom stereocenters. The van der Waals surface area contributed by atoms with Crippen molar-refractivity contribution in [2.24, 2.45) is 17.3 Å².